The first-order valence-corrected chi connectivity index (χ1v) is 5.09. The molecule has 0 aliphatic rings. The Kier molecular flexibility index (Phi) is 6.78. The number of ether oxygens (including phenoxy) is 1. The third-order valence-electron chi connectivity index (χ3n) is 2.24. The molecule has 2 N–H and O–H groups in total. The van der Waals surface area contributed by atoms with Gasteiger partial charge in [0.1, 0.15) is 5.82 Å². The Morgan fingerprint density at radius 2 is 1.84 bits per heavy atom. The Morgan fingerprint density at radius 1 is 1.32 bits per heavy atom. The van der Waals surface area contributed by atoms with Crippen LogP contribution in [0.2, 0.25) is 0 Å². The molecule has 0 aliphatic carbocycles. The highest BCUT2D eigenvalue weighted by Crippen LogP contribution is 2.25. The summed E-state index contributed by atoms with van der Waals surface area (Å²) in [5.74, 6) is -5.58. The smallest absolute Gasteiger partial charge is 0.342 e. The lowest BCUT2D eigenvalue weighted by molar-refractivity contribution is -0.150. The average molecular weight is 302 g/mol. The number of rotatable bonds is 4. The first-order chi connectivity index (χ1) is 8.40. The second kappa shape index (κ2) is 7.30. The van der Waals surface area contributed by atoms with Crippen LogP contribution < -0.4 is 5.73 Å². The summed E-state index contributed by atoms with van der Waals surface area (Å²) in [5, 5.41) is 0. The highest BCUT2D eigenvalue weighted by molar-refractivity contribution is 5.85. The Balaban J connectivity index is 0.00000324. The topological polar surface area (TPSA) is 52.3 Å². The van der Waals surface area contributed by atoms with E-state index in [2.05, 4.69) is 4.74 Å². The molecule has 8 heteroatoms. The van der Waals surface area contributed by atoms with Crippen LogP contribution in [-0.4, -0.2) is 18.7 Å². The third kappa shape index (κ3) is 3.81. The van der Waals surface area contributed by atoms with Crippen LogP contribution in [0.5, 0.6) is 0 Å². The first-order valence-electron chi connectivity index (χ1n) is 5.09. The zero-order chi connectivity index (χ0) is 13.9. The van der Waals surface area contributed by atoms with E-state index in [-0.39, 0.29) is 19.0 Å². The van der Waals surface area contributed by atoms with Crippen LogP contribution in [0, 0.1) is 17.5 Å². The molecule has 1 rings (SSSR count). The molecule has 0 fully saturated rings. The summed E-state index contributed by atoms with van der Waals surface area (Å²) < 4.78 is 57.3. The molecule has 0 spiro atoms. The monoisotopic (exact) mass is 301 g/mol. The lowest BCUT2D eigenvalue weighted by Crippen LogP contribution is -2.33. The molecular formula is C11H12ClF4NO2. The molecule has 1 aromatic carbocycles. The van der Waals surface area contributed by atoms with E-state index in [1.54, 1.807) is 0 Å². The lowest BCUT2D eigenvalue weighted by atomic mass is 10.0. The number of halogens is 5. The van der Waals surface area contributed by atoms with Crippen LogP contribution in [0.15, 0.2) is 12.1 Å². The minimum absolute atomic E-state index is 0. The van der Waals surface area contributed by atoms with Gasteiger partial charge < -0.3 is 10.5 Å². The van der Waals surface area contributed by atoms with Crippen LogP contribution in [0.1, 0.15) is 18.5 Å². The van der Waals surface area contributed by atoms with Crippen molar-refractivity contribution in [3.8, 4) is 0 Å². The second-order valence-corrected chi connectivity index (χ2v) is 3.44. The van der Waals surface area contributed by atoms with Gasteiger partial charge in [0.05, 0.1) is 12.6 Å². The normalized spacial score (nSPS) is 13.4. The maximum atomic E-state index is 13.5. The van der Waals surface area contributed by atoms with Gasteiger partial charge in [0, 0.05) is 5.56 Å². The Bertz CT molecular complexity index is 459. The van der Waals surface area contributed by atoms with Gasteiger partial charge in [-0.15, -0.1) is 12.4 Å². The standard InChI is InChI=1S/C11H11F4NO2.ClH/c1-2-18-11(17)9(15)10(16)7-5(12)3-4-6(13)8(7)14;/h3-4,9-10H,2,16H2,1H3;1H/t9?,10-;/m0./s1. The highest BCUT2D eigenvalue weighted by atomic mass is 35.5. The molecule has 1 unspecified atom stereocenters. The van der Waals surface area contributed by atoms with Crippen molar-refractivity contribution in [2.24, 2.45) is 5.73 Å². The Labute approximate surface area is 113 Å². The largest absolute Gasteiger partial charge is 0.464 e. The molecule has 0 bridgehead atoms. The van der Waals surface area contributed by atoms with Crippen molar-refractivity contribution in [3.63, 3.8) is 0 Å². The molecule has 0 amide bonds. The minimum Gasteiger partial charge on any atom is -0.464 e. The fourth-order valence-corrected chi connectivity index (χ4v) is 1.36. The number of hydrogen-bond acceptors (Lipinski definition) is 3. The van der Waals surface area contributed by atoms with Gasteiger partial charge in [-0.2, -0.15) is 0 Å². The van der Waals surface area contributed by atoms with Gasteiger partial charge >= 0.3 is 5.97 Å². The third-order valence-corrected chi connectivity index (χ3v) is 2.24. The SMILES string of the molecule is CCOC(=O)C(F)[C@@H](N)c1c(F)ccc(F)c1F.Cl. The van der Waals surface area contributed by atoms with E-state index in [0.717, 1.165) is 0 Å². The molecule has 1 aromatic rings. The van der Waals surface area contributed by atoms with Crippen LogP contribution in [0.4, 0.5) is 17.6 Å². The van der Waals surface area contributed by atoms with E-state index >= 15 is 0 Å². The van der Waals surface area contributed by atoms with Gasteiger partial charge in [-0.3, -0.25) is 0 Å². The predicted octanol–water partition coefficient (Wildman–Crippen LogP) is 2.43. The average Bonchev–Trinajstić information content (AvgIpc) is 2.33. The predicted molar refractivity (Wildman–Crippen MR) is 62.0 cm³/mol. The number of hydrogen-bond donors (Lipinski definition) is 1. The van der Waals surface area contributed by atoms with Gasteiger partial charge in [-0.25, -0.2) is 22.4 Å². The Morgan fingerprint density at radius 3 is 2.37 bits per heavy atom. The lowest BCUT2D eigenvalue weighted by Gasteiger charge is -2.17. The van der Waals surface area contributed by atoms with Gasteiger partial charge in [0.15, 0.2) is 11.6 Å². The number of alkyl halides is 1. The summed E-state index contributed by atoms with van der Waals surface area (Å²) in [6.07, 6.45) is -2.48. The van der Waals surface area contributed by atoms with Crippen molar-refractivity contribution < 1.29 is 27.1 Å². The van der Waals surface area contributed by atoms with Crippen LogP contribution in [0.3, 0.4) is 0 Å². The zero-order valence-electron chi connectivity index (χ0n) is 9.83. The van der Waals surface area contributed by atoms with E-state index < -0.39 is 41.2 Å². The molecule has 108 valence electrons. The van der Waals surface area contributed by atoms with Crippen molar-refractivity contribution in [2.75, 3.05) is 6.61 Å². The van der Waals surface area contributed by atoms with Crippen molar-refractivity contribution >= 4 is 18.4 Å². The molecule has 0 aliphatic heterocycles. The number of benzene rings is 1. The molecule has 3 nitrogen and oxygen atoms in total. The van der Waals surface area contributed by atoms with Gasteiger partial charge in [-0.05, 0) is 19.1 Å². The van der Waals surface area contributed by atoms with Crippen molar-refractivity contribution in [2.45, 2.75) is 19.1 Å². The molecule has 2 atom stereocenters. The van der Waals surface area contributed by atoms with E-state index in [0.29, 0.717) is 12.1 Å². The molecule has 0 saturated heterocycles. The van der Waals surface area contributed by atoms with E-state index in [1.807, 2.05) is 0 Å². The Hall–Kier alpha value is -1.34. The van der Waals surface area contributed by atoms with E-state index in [4.69, 9.17) is 5.73 Å². The van der Waals surface area contributed by atoms with E-state index in [1.165, 1.54) is 6.92 Å². The van der Waals surface area contributed by atoms with Gasteiger partial charge in [-0.1, -0.05) is 0 Å². The molecular weight excluding hydrogens is 290 g/mol. The first kappa shape index (κ1) is 17.7. The molecule has 0 aromatic heterocycles. The summed E-state index contributed by atoms with van der Waals surface area (Å²) in [6, 6.07) is -0.830. The van der Waals surface area contributed by atoms with Crippen molar-refractivity contribution in [1.29, 1.82) is 0 Å². The van der Waals surface area contributed by atoms with Gasteiger partial charge in [0.2, 0.25) is 6.17 Å². The van der Waals surface area contributed by atoms with Crippen molar-refractivity contribution in [1.82, 2.24) is 0 Å². The van der Waals surface area contributed by atoms with E-state index in [9.17, 15) is 22.4 Å². The maximum Gasteiger partial charge on any atom is 0.342 e. The summed E-state index contributed by atoms with van der Waals surface area (Å²) in [5.41, 5.74) is 4.20. The van der Waals surface area contributed by atoms with Crippen LogP contribution in [-0.2, 0) is 9.53 Å². The number of carbonyl (C=O) groups excluding carboxylic acids is 1. The fourth-order valence-electron chi connectivity index (χ4n) is 1.36. The molecule has 0 radical (unpaired) electrons. The number of carbonyl (C=O) groups is 1. The molecule has 19 heavy (non-hydrogen) atoms. The van der Waals surface area contributed by atoms with Crippen LogP contribution in [0.25, 0.3) is 0 Å². The zero-order valence-corrected chi connectivity index (χ0v) is 10.6. The summed E-state index contributed by atoms with van der Waals surface area (Å²) in [7, 11) is 0. The summed E-state index contributed by atoms with van der Waals surface area (Å²) in [6.45, 7) is 1.32. The summed E-state index contributed by atoms with van der Waals surface area (Å²) >= 11 is 0. The second-order valence-electron chi connectivity index (χ2n) is 3.44. The van der Waals surface area contributed by atoms with Crippen LogP contribution >= 0.6 is 12.4 Å². The quantitative estimate of drug-likeness (QED) is 0.528. The van der Waals surface area contributed by atoms with Gasteiger partial charge in [0.25, 0.3) is 0 Å². The maximum absolute atomic E-state index is 13.5. The number of nitrogens with two attached hydrogens (primary N) is 1. The van der Waals surface area contributed by atoms with Crippen molar-refractivity contribution in [3.05, 3.63) is 35.1 Å². The highest BCUT2D eigenvalue weighted by Gasteiger charge is 2.32. The summed E-state index contributed by atoms with van der Waals surface area (Å²) in [4.78, 5) is 11.0. The minimum atomic E-state index is -2.48. The molecule has 0 saturated carbocycles. The number of esters is 1. The fraction of sp³-hybridized carbons (Fsp3) is 0.364. The molecule has 0 heterocycles.